The molecule has 0 aliphatic carbocycles. The molecule has 46 valence electrons. The first-order valence-electron chi connectivity index (χ1n) is 2.60. The highest BCUT2D eigenvalue weighted by atomic mass is 15.6. The predicted molar refractivity (Wildman–Crippen MR) is 29.9 cm³/mol. The van der Waals surface area contributed by atoms with Crippen molar-refractivity contribution in [3.8, 4) is 0 Å². The molecule has 0 radical (unpaired) electrons. The van der Waals surface area contributed by atoms with Crippen LogP contribution in [-0.2, 0) is 0 Å². The molecule has 1 N–H and O–H groups in total. The number of aryl methyl sites for hydroxylation is 1. The molecule has 0 bridgehead atoms. The highest BCUT2D eigenvalue weighted by Gasteiger charge is 1.96. The fraction of sp³-hybridized carbons (Fsp3) is 0.250. The Morgan fingerprint density at radius 1 is 1.67 bits per heavy atom. The van der Waals surface area contributed by atoms with Crippen LogP contribution in [0.3, 0.4) is 0 Å². The van der Waals surface area contributed by atoms with E-state index in [1.165, 1.54) is 4.63 Å². The maximum atomic E-state index is 4.01. The Labute approximate surface area is 50.7 Å². The fourth-order valence-electron chi connectivity index (χ4n) is 0.747. The number of aromatic nitrogens is 5. The number of hydrogen-bond donors (Lipinski definition) is 1. The van der Waals surface area contributed by atoms with Gasteiger partial charge in [-0.15, -0.1) is 9.73 Å². The summed E-state index contributed by atoms with van der Waals surface area (Å²) in [7, 11) is 0. The van der Waals surface area contributed by atoms with Gasteiger partial charge in [0.1, 0.15) is 0 Å². The summed E-state index contributed by atoms with van der Waals surface area (Å²) in [6.45, 7) is 1.91. The Morgan fingerprint density at radius 3 is 3.33 bits per heavy atom. The van der Waals surface area contributed by atoms with Crippen LogP contribution >= 0.6 is 0 Å². The van der Waals surface area contributed by atoms with E-state index in [0.29, 0.717) is 0 Å². The summed E-state index contributed by atoms with van der Waals surface area (Å²) in [5.74, 6) is 0. The van der Waals surface area contributed by atoms with Crippen LogP contribution in [0, 0.1) is 6.92 Å². The van der Waals surface area contributed by atoms with Crippen molar-refractivity contribution < 1.29 is 0 Å². The van der Waals surface area contributed by atoms with Crippen LogP contribution in [0.1, 0.15) is 5.69 Å². The quantitative estimate of drug-likeness (QED) is 0.526. The Balaban J connectivity index is 2.92. The van der Waals surface area contributed by atoms with Crippen molar-refractivity contribution in [2.45, 2.75) is 6.92 Å². The minimum atomic E-state index is 0.757. The first-order valence-corrected chi connectivity index (χ1v) is 2.60. The van der Waals surface area contributed by atoms with E-state index in [0.717, 1.165) is 11.3 Å². The second-order valence-corrected chi connectivity index (χ2v) is 1.86. The maximum absolute atomic E-state index is 4.01. The monoisotopic (exact) mass is 123 g/mol. The van der Waals surface area contributed by atoms with Gasteiger partial charge in [-0.3, -0.25) is 0 Å². The first kappa shape index (κ1) is 4.49. The fourth-order valence-corrected chi connectivity index (χ4v) is 0.747. The number of tetrazole rings is 1. The number of H-pyrrole nitrogens is 1. The molecule has 0 aliphatic heterocycles. The summed E-state index contributed by atoms with van der Waals surface area (Å²) in [6, 6.07) is 1.85. The van der Waals surface area contributed by atoms with Gasteiger partial charge in [0.15, 0.2) is 5.65 Å². The van der Waals surface area contributed by atoms with Gasteiger partial charge >= 0.3 is 0 Å². The molecular weight excluding hydrogens is 118 g/mol. The van der Waals surface area contributed by atoms with Gasteiger partial charge in [0, 0.05) is 6.07 Å². The van der Waals surface area contributed by atoms with Crippen LogP contribution < -0.4 is 0 Å². The molecule has 5 nitrogen and oxygen atoms in total. The number of nitrogens with zero attached hydrogens (tertiary/aromatic N) is 4. The van der Waals surface area contributed by atoms with Crippen molar-refractivity contribution in [2.24, 2.45) is 0 Å². The lowest BCUT2D eigenvalue weighted by Gasteiger charge is -1.73. The second kappa shape index (κ2) is 1.31. The molecule has 0 aromatic carbocycles. The zero-order valence-electron chi connectivity index (χ0n) is 4.87. The molecule has 5 heteroatoms. The van der Waals surface area contributed by atoms with E-state index in [2.05, 4.69) is 20.6 Å². The summed E-state index contributed by atoms with van der Waals surface area (Å²) in [5.41, 5.74) is 1.70. The largest absolute Gasteiger partial charge is 0.199 e. The van der Waals surface area contributed by atoms with Gasteiger partial charge in [0.05, 0.1) is 5.69 Å². The molecule has 0 fully saturated rings. The Hall–Kier alpha value is -1.39. The van der Waals surface area contributed by atoms with E-state index >= 15 is 0 Å². The van der Waals surface area contributed by atoms with E-state index in [1.54, 1.807) is 0 Å². The van der Waals surface area contributed by atoms with Crippen molar-refractivity contribution in [2.75, 3.05) is 0 Å². The lowest BCUT2D eigenvalue weighted by Crippen LogP contribution is -1.86. The van der Waals surface area contributed by atoms with Crippen LogP contribution in [0.2, 0.25) is 0 Å². The number of nitrogens with one attached hydrogen (secondary N) is 1. The van der Waals surface area contributed by atoms with Crippen molar-refractivity contribution in [3.05, 3.63) is 11.8 Å². The first-order chi connectivity index (χ1) is 4.36. The van der Waals surface area contributed by atoms with Gasteiger partial charge in [-0.1, -0.05) is 0 Å². The summed E-state index contributed by atoms with van der Waals surface area (Å²) >= 11 is 0. The van der Waals surface area contributed by atoms with Crippen LogP contribution in [0.5, 0.6) is 0 Å². The number of hydrogen-bond acceptors (Lipinski definition) is 3. The molecule has 9 heavy (non-hydrogen) atoms. The van der Waals surface area contributed by atoms with Gasteiger partial charge in [0.25, 0.3) is 0 Å². The van der Waals surface area contributed by atoms with Crippen LogP contribution in [-0.4, -0.2) is 25.3 Å². The molecule has 0 amide bonds. The smallest absolute Gasteiger partial charge is 0.177 e. The van der Waals surface area contributed by atoms with E-state index in [-0.39, 0.29) is 0 Å². The highest BCUT2D eigenvalue weighted by molar-refractivity contribution is 5.34. The number of rotatable bonds is 0. The topological polar surface area (TPSA) is 58.9 Å². The van der Waals surface area contributed by atoms with E-state index in [1.807, 2.05) is 13.0 Å². The van der Waals surface area contributed by atoms with E-state index in [4.69, 9.17) is 0 Å². The molecule has 0 saturated carbocycles. The SMILES string of the molecule is Cc1cc2nn[nH]n2n1. The molecule has 2 rings (SSSR count). The molecule has 2 aromatic rings. The van der Waals surface area contributed by atoms with Crippen molar-refractivity contribution >= 4 is 5.65 Å². The molecule has 0 saturated heterocycles. The van der Waals surface area contributed by atoms with Crippen molar-refractivity contribution in [1.29, 1.82) is 0 Å². The third kappa shape index (κ3) is 0.509. The maximum Gasteiger partial charge on any atom is 0.199 e. The summed E-state index contributed by atoms with van der Waals surface area (Å²) < 4.78 is 1.52. The van der Waals surface area contributed by atoms with Gasteiger partial charge in [-0.2, -0.15) is 10.3 Å². The summed E-state index contributed by atoms with van der Waals surface area (Å²) in [4.78, 5) is 0. The van der Waals surface area contributed by atoms with Crippen LogP contribution in [0.15, 0.2) is 6.07 Å². The summed E-state index contributed by atoms with van der Waals surface area (Å²) in [5, 5.41) is 13.9. The lowest BCUT2D eigenvalue weighted by molar-refractivity contribution is 0.734. The second-order valence-electron chi connectivity index (χ2n) is 1.86. The molecular formula is C4H5N5. The third-order valence-electron chi connectivity index (χ3n) is 1.10. The Kier molecular flexibility index (Phi) is 0.652. The predicted octanol–water partition coefficient (Wildman–Crippen LogP) is -0.239. The van der Waals surface area contributed by atoms with Crippen LogP contribution in [0.25, 0.3) is 5.65 Å². The van der Waals surface area contributed by atoms with Gasteiger partial charge in [0.2, 0.25) is 0 Å². The van der Waals surface area contributed by atoms with Crippen molar-refractivity contribution in [1.82, 2.24) is 25.3 Å². The summed E-state index contributed by atoms with van der Waals surface area (Å²) in [6.07, 6.45) is 0. The molecule has 0 aliphatic rings. The highest BCUT2D eigenvalue weighted by Crippen LogP contribution is 1.96. The third-order valence-corrected chi connectivity index (χ3v) is 1.10. The normalized spacial score (nSPS) is 10.8. The van der Waals surface area contributed by atoms with Gasteiger partial charge in [-0.25, -0.2) is 0 Å². The van der Waals surface area contributed by atoms with Crippen molar-refractivity contribution in [3.63, 3.8) is 0 Å². The molecule has 0 spiro atoms. The number of aromatic amines is 1. The number of fused-ring (bicyclic) bond motifs is 1. The Morgan fingerprint density at radius 2 is 2.56 bits per heavy atom. The van der Waals surface area contributed by atoms with Gasteiger partial charge in [-0.05, 0) is 12.1 Å². The molecule has 2 aromatic heterocycles. The molecule has 0 atom stereocenters. The van der Waals surface area contributed by atoms with Gasteiger partial charge < -0.3 is 0 Å². The molecule has 0 unspecified atom stereocenters. The molecule has 2 heterocycles. The minimum absolute atomic E-state index is 0.757. The standard InChI is InChI=1S/C4H5N5/c1-3-2-4-5-7-8-9(4)6-3/h2H,1H3,(H,5,8). The van der Waals surface area contributed by atoms with E-state index < -0.39 is 0 Å². The average Bonchev–Trinajstić information content (AvgIpc) is 2.22. The Bertz CT molecular complexity index is 290. The van der Waals surface area contributed by atoms with Crippen LogP contribution in [0.4, 0.5) is 0 Å². The average molecular weight is 123 g/mol. The van der Waals surface area contributed by atoms with E-state index in [9.17, 15) is 0 Å². The zero-order chi connectivity index (χ0) is 6.27. The minimum Gasteiger partial charge on any atom is -0.177 e. The zero-order valence-corrected chi connectivity index (χ0v) is 4.87. The lowest BCUT2D eigenvalue weighted by atomic mass is 10.5.